The van der Waals surface area contributed by atoms with E-state index in [-0.39, 0.29) is 30.8 Å². The van der Waals surface area contributed by atoms with Gasteiger partial charge in [-0.25, -0.2) is 0 Å². The number of thioether (sulfide) groups is 1. The number of amides is 2. The van der Waals surface area contributed by atoms with E-state index < -0.39 is 5.91 Å². The monoisotopic (exact) mass is 322 g/mol. The fourth-order valence-corrected chi connectivity index (χ4v) is 2.21. The number of carbonyl (C=O) groups is 2. The zero-order valence-electron chi connectivity index (χ0n) is 11.5. The van der Waals surface area contributed by atoms with E-state index in [0.717, 1.165) is 4.90 Å². The van der Waals surface area contributed by atoms with Gasteiger partial charge in [0.15, 0.2) is 0 Å². The van der Waals surface area contributed by atoms with Crippen molar-refractivity contribution >= 4 is 23.6 Å². The van der Waals surface area contributed by atoms with Crippen molar-refractivity contribution in [2.24, 2.45) is 5.73 Å². The Bertz CT molecular complexity index is 656. The summed E-state index contributed by atoms with van der Waals surface area (Å²) in [4.78, 5) is 27.5. The standard InChI is InChI=1S/C13H14N4O4S/c14-11(19)12-16-10(21-17-12)7-15-13(20)8-1-3-9(4-2-8)22-6-5-18/h1-4,18H,5-7H2,(H2,14,19)(H,15,20). The summed E-state index contributed by atoms with van der Waals surface area (Å²) in [6.07, 6.45) is 0. The molecule has 0 aliphatic heterocycles. The molecule has 1 aromatic heterocycles. The Morgan fingerprint density at radius 3 is 2.64 bits per heavy atom. The highest BCUT2D eigenvalue weighted by Gasteiger charge is 2.12. The van der Waals surface area contributed by atoms with E-state index >= 15 is 0 Å². The summed E-state index contributed by atoms with van der Waals surface area (Å²) in [5.41, 5.74) is 5.47. The number of benzene rings is 1. The lowest BCUT2D eigenvalue weighted by atomic mass is 10.2. The van der Waals surface area contributed by atoms with Crippen LogP contribution in [0, 0.1) is 0 Å². The first-order chi connectivity index (χ1) is 10.6. The van der Waals surface area contributed by atoms with Crippen LogP contribution in [-0.4, -0.2) is 39.4 Å². The van der Waals surface area contributed by atoms with Crippen molar-refractivity contribution in [1.29, 1.82) is 0 Å². The predicted octanol–water partition coefficient (Wildman–Crippen LogP) is 0.183. The number of nitrogens with zero attached hydrogens (tertiary/aromatic N) is 2. The molecule has 0 spiro atoms. The molecule has 9 heteroatoms. The molecule has 4 N–H and O–H groups in total. The summed E-state index contributed by atoms with van der Waals surface area (Å²) < 4.78 is 4.77. The molecule has 0 unspecified atom stereocenters. The molecule has 22 heavy (non-hydrogen) atoms. The average molecular weight is 322 g/mol. The van der Waals surface area contributed by atoms with Gasteiger partial charge in [0.1, 0.15) is 0 Å². The van der Waals surface area contributed by atoms with Crippen molar-refractivity contribution in [2.45, 2.75) is 11.4 Å². The Morgan fingerprint density at radius 1 is 1.32 bits per heavy atom. The highest BCUT2D eigenvalue weighted by atomic mass is 32.2. The predicted molar refractivity (Wildman–Crippen MR) is 78.2 cm³/mol. The maximum Gasteiger partial charge on any atom is 0.290 e. The van der Waals surface area contributed by atoms with Gasteiger partial charge in [-0.1, -0.05) is 5.16 Å². The molecule has 1 aromatic carbocycles. The summed E-state index contributed by atoms with van der Waals surface area (Å²) in [5, 5.41) is 14.7. The van der Waals surface area contributed by atoms with E-state index in [0.29, 0.717) is 11.3 Å². The number of hydrogen-bond donors (Lipinski definition) is 3. The molecule has 2 amide bonds. The molecule has 0 aliphatic carbocycles. The Kier molecular flexibility index (Phi) is 5.50. The minimum absolute atomic E-state index is 0.000126. The fraction of sp³-hybridized carbons (Fsp3) is 0.231. The van der Waals surface area contributed by atoms with E-state index in [1.165, 1.54) is 11.8 Å². The number of aliphatic hydroxyl groups is 1. The van der Waals surface area contributed by atoms with Gasteiger partial charge in [-0.05, 0) is 24.3 Å². The van der Waals surface area contributed by atoms with Crippen LogP contribution in [0.15, 0.2) is 33.7 Å². The number of carbonyl (C=O) groups excluding carboxylic acids is 2. The van der Waals surface area contributed by atoms with Crippen LogP contribution in [-0.2, 0) is 6.54 Å². The van der Waals surface area contributed by atoms with Gasteiger partial charge in [-0.3, -0.25) is 9.59 Å². The summed E-state index contributed by atoms with van der Waals surface area (Å²) in [6.45, 7) is 0.102. The van der Waals surface area contributed by atoms with Gasteiger partial charge in [0.05, 0.1) is 13.2 Å². The zero-order valence-corrected chi connectivity index (χ0v) is 12.3. The van der Waals surface area contributed by atoms with E-state index in [1.807, 2.05) is 0 Å². The second-order valence-electron chi connectivity index (χ2n) is 4.16. The van der Waals surface area contributed by atoms with Crippen LogP contribution in [0.3, 0.4) is 0 Å². The van der Waals surface area contributed by atoms with Crippen LogP contribution in [0.2, 0.25) is 0 Å². The van der Waals surface area contributed by atoms with Crippen molar-refractivity contribution in [3.63, 3.8) is 0 Å². The van der Waals surface area contributed by atoms with Gasteiger partial charge in [0.25, 0.3) is 17.6 Å². The van der Waals surface area contributed by atoms with E-state index in [1.54, 1.807) is 24.3 Å². The first-order valence-corrected chi connectivity index (χ1v) is 7.33. The summed E-state index contributed by atoms with van der Waals surface area (Å²) in [5.74, 6) is -0.633. The van der Waals surface area contributed by atoms with Crippen molar-refractivity contribution in [3.8, 4) is 0 Å². The number of nitrogens with one attached hydrogen (secondary N) is 1. The molecule has 2 aromatic rings. The van der Waals surface area contributed by atoms with Gasteiger partial charge in [0, 0.05) is 16.2 Å². The van der Waals surface area contributed by atoms with Crippen LogP contribution < -0.4 is 11.1 Å². The number of aromatic nitrogens is 2. The number of aliphatic hydroxyl groups excluding tert-OH is 1. The number of nitrogens with two attached hydrogens (primary N) is 1. The van der Waals surface area contributed by atoms with Crippen molar-refractivity contribution in [1.82, 2.24) is 15.5 Å². The minimum atomic E-state index is -0.794. The molecule has 0 atom stereocenters. The fourth-order valence-electron chi connectivity index (χ4n) is 1.55. The molecule has 2 rings (SSSR count). The Balaban J connectivity index is 1.89. The van der Waals surface area contributed by atoms with Crippen molar-refractivity contribution < 1.29 is 19.2 Å². The van der Waals surface area contributed by atoms with Gasteiger partial charge in [0.2, 0.25) is 5.89 Å². The van der Waals surface area contributed by atoms with Crippen LogP contribution in [0.1, 0.15) is 26.9 Å². The molecular weight excluding hydrogens is 308 g/mol. The summed E-state index contributed by atoms with van der Waals surface area (Å²) in [7, 11) is 0. The van der Waals surface area contributed by atoms with E-state index in [4.69, 9.17) is 15.4 Å². The molecule has 0 fully saturated rings. The topological polar surface area (TPSA) is 131 Å². The molecular formula is C13H14N4O4S. The molecule has 0 saturated heterocycles. The first kappa shape index (κ1) is 16.0. The maximum atomic E-state index is 11.9. The molecule has 8 nitrogen and oxygen atoms in total. The first-order valence-electron chi connectivity index (χ1n) is 6.34. The SMILES string of the molecule is NC(=O)c1noc(CNC(=O)c2ccc(SCCO)cc2)n1. The Hall–Kier alpha value is -2.39. The van der Waals surface area contributed by atoms with Crippen LogP contribution in [0.4, 0.5) is 0 Å². The summed E-state index contributed by atoms with van der Waals surface area (Å²) >= 11 is 1.50. The number of rotatable bonds is 7. The Labute approximate surface area is 130 Å². The maximum absolute atomic E-state index is 11.9. The third-order valence-electron chi connectivity index (χ3n) is 2.57. The zero-order chi connectivity index (χ0) is 15.9. The van der Waals surface area contributed by atoms with Crippen LogP contribution >= 0.6 is 11.8 Å². The van der Waals surface area contributed by atoms with E-state index in [2.05, 4.69) is 15.5 Å². The molecule has 1 heterocycles. The smallest absolute Gasteiger partial charge is 0.290 e. The second-order valence-corrected chi connectivity index (χ2v) is 5.32. The molecule has 0 saturated carbocycles. The number of primary amides is 1. The van der Waals surface area contributed by atoms with Crippen molar-refractivity contribution in [3.05, 3.63) is 41.5 Å². The highest BCUT2D eigenvalue weighted by Crippen LogP contribution is 2.17. The lowest BCUT2D eigenvalue weighted by molar-refractivity contribution is 0.0944. The summed E-state index contributed by atoms with van der Waals surface area (Å²) in [6, 6.07) is 6.95. The lowest BCUT2D eigenvalue weighted by Gasteiger charge is -2.04. The highest BCUT2D eigenvalue weighted by molar-refractivity contribution is 7.99. The van der Waals surface area contributed by atoms with Gasteiger partial charge in [-0.2, -0.15) is 4.98 Å². The average Bonchev–Trinajstić information content (AvgIpc) is 3.00. The van der Waals surface area contributed by atoms with E-state index in [9.17, 15) is 9.59 Å². The lowest BCUT2D eigenvalue weighted by Crippen LogP contribution is -2.23. The van der Waals surface area contributed by atoms with Crippen molar-refractivity contribution in [2.75, 3.05) is 12.4 Å². The van der Waals surface area contributed by atoms with Gasteiger partial charge < -0.3 is 20.7 Å². The minimum Gasteiger partial charge on any atom is -0.396 e. The largest absolute Gasteiger partial charge is 0.396 e. The molecule has 0 radical (unpaired) electrons. The van der Waals surface area contributed by atoms with Crippen LogP contribution in [0.25, 0.3) is 0 Å². The molecule has 116 valence electrons. The van der Waals surface area contributed by atoms with Crippen LogP contribution in [0.5, 0.6) is 0 Å². The third-order valence-corrected chi connectivity index (χ3v) is 3.56. The third kappa shape index (κ3) is 4.30. The second kappa shape index (κ2) is 7.57. The Morgan fingerprint density at radius 2 is 2.05 bits per heavy atom. The quantitative estimate of drug-likeness (QED) is 0.620. The molecule has 0 bridgehead atoms. The molecule has 0 aliphatic rings. The van der Waals surface area contributed by atoms with Gasteiger partial charge in [-0.15, -0.1) is 11.8 Å². The van der Waals surface area contributed by atoms with Gasteiger partial charge >= 0.3 is 0 Å². The number of hydrogen-bond acceptors (Lipinski definition) is 7. The normalized spacial score (nSPS) is 10.4.